The molecule has 0 radical (unpaired) electrons. The van der Waals surface area contributed by atoms with Crippen molar-refractivity contribution < 1.29 is 0 Å². The molecule has 0 aliphatic heterocycles. The van der Waals surface area contributed by atoms with Gasteiger partial charge in [0.05, 0.1) is 27.3 Å². The van der Waals surface area contributed by atoms with Crippen molar-refractivity contribution >= 4 is 60.2 Å². The van der Waals surface area contributed by atoms with Crippen molar-refractivity contribution in [3.05, 3.63) is 87.4 Å². The quantitative estimate of drug-likeness (QED) is 0.402. The van der Waals surface area contributed by atoms with E-state index in [9.17, 15) is 9.59 Å². The third-order valence-electron chi connectivity index (χ3n) is 6.50. The van der Waals surface area contributed by atoms with Crippen LogP contribution in [0.5, 0.6) is 0 Å². The lowest BCUT2D eigenvalue weighted by molar-refractivity contribution is 1.06. The fourth-order valence-corrected chi connectivity index (χ4v) is 5.46. The van der Waals surface area contributed by atoms with Gasteiger partial charge in [0.1, 0.15) is 11.3 Å². The summed E-state index contributed by atoms with van der Waals surface area (Å²) in [5, 5.41) is 5.28. The molecular weight excluding hydrogens is 362 g/mol. The first-order valence-electron chi connectivity index (χ1n) is 9.57. The van der Waals surface area contributed by atoms with Gasteiger partial charge in [-0.15, -0.1) is 0 Å². The number of hydrogen-bond donors (Lipinski definition) is 0. The Hall–Kier alpha value is -4.12. The van der Waals surface area contributed by atoms with Crippen LogP contribution in [0.4, 0.5) is 0 Å². The number of fused-ring (bicyclic) bond motifs is 7. The molecule has 5 heterocycles. The maximum Gasteiger partial charge on any atom is 0.266 e. The van der Waals surface area contributed by atoms with Gasteiger partial charge in [0.25, 0.3) is 11.1 Å². The predicted octanol–water partition coefficient (Wildman–Crippen LogP) is 4.09. The van der Waals surface area contributed by atoms with Gasteiger partial charge in [-0.3, -0.25) is 22.8 Å². The maximum atomic E-state index is 13.5. The number of para-hydroxylation sites is 3. The number of nitrogens with zero attached hydrogens (tertiary/aromatic N) is 3. The molecule has 0 amide bonds. The van der Waals surface area contributed by atoms with Crippen molar-refractivity contribution in [3.63, 3.8) is 0 Å². The third kappa shape index (κ3) is 1.24. The molecular formula is C24H11N3O2. The molecule has 0 saturated carbocycles. The molecule has 0 aliphatic carbocycles. The van der Waals surface area contributed by atoms with Gasteiger partial charge in [-0.05, 0) is 24.3 Å². The Morgan fingerprint density at radius 1 is 0.483 bits per heavy atom. The van der Waals surface area contributed by atoms with Crippen LogP contribution >= 0.6 is 0 Å². The van der Waals surface area contributed by atoms with Crippen LogP contribution in [0.2, 0.25) is 0 Å². The molecule has 3 aromatic carbocycles. The van der Waals surface area contributed by atoms with Crippen molar-refractivity contribution in [2.24, 2.45) is 0 Å². The Balaban J connectivity index is 2.01. The Bertz CT molecular complexity index is 1910. The molecule has 5 nitrogen and oxygen atoms in total. The maximum absolute atomic E-state index is 13.5. The molecule has 0 aliphatic rings. The first-order valence-corrected chi connectivity index (χ1v) is 9.57. The zero-order valence-electron chi connectivity index (χ0n) is 15.0. The summed E-state index contributed by atoms with van der Waals surface area (Å²) < 4.78 is 5.75. The highest BCUT2D eigenvalue weighted by Gasteiger charge is 2.28. The average Bonchev–Trinajstić information content (AvgIpc) is 3.38. The molecule has 5 heteroatoms. The van der Waals surface area contributed by atoms with Gasteiger partial charge in [-0.2, -0.15) is 0 Å². The summed E-state index contributed by atoms with van der Waals surface area (Å²) in [4.78, 5) is 27.1. The standard InChI is InChI=1S/C24H11N3O2/c28-23-14-8-5-9-15-20(14)27-21-18(12-6-1-3-10-16(12)25(21)23)19-13-7-2-4-11-17(13)26(22(19)27)24(15)29/h1-11H. The molecule has 0 unspecified atom stereocenters. The van der Waals surface area contributed by atoms with Crippen LogP contribution in [0.15, 0.2) is 76.3 Å². The minimum atomic E-state index is -0.0775. The fourth-order valence-electron chi connectivity index (χ4n) is 5.46. The third-order valence-corrected chi connectivity index (χ3v) is 6.50. The van der Waals surface area contributed by atoms with Gasteiger partial charge < -0.3 is 0 Å². The molecule has 0 N–H and O–H groups in total. The van der Waals surface area contributed by atoms with E-state index in [2.05, 4.69) is 16.5 Å². The molecule has 0 bridgehead atoms. The zero-order valence-corrected chi connectivity index (χ0v) is 15.0. The van der Waals surface area contributed by atoms with Gasteiger partial charge in [0.2, 0.25) is 0 Å². The van der Waals surface area contributed by atoms with Crippen LogP contribution in [0.3, 0.4) is 0 Å². The largest absolute Gasteiger partial charge is 0.278 e. The second-order valence-electron chi connectivity index (χ2n) is 7.75. The van der Waals surface area contributed by atoms with Crippen LogP contribution in [-0.4, -0.2) is 13.2 Å². The zero-order chi connectivity index (χ0) is 19.0. The van der Waals surface area contributed by atoms with E-state index in [1.54, 1.807) is 6.07 Å². The summed E-state index contributed by atoms with van der Waals surface area (Å²) in [6.45, 7) is 0. The van der Waals surface area contributed by atoms with Crippen LogP contribution in [0, 0.1) is 0 Å². The van der Waals surface area contributed by atoms with Crippen LogP contribution in [0.25, 0.3) is 60.2 Å². The van der Waals surface area contributed by atoms with Gasteiger partial charge in [0, 0.05) is 21.5 Å². The predicted molar refractivity (Wildman–Crippen MR) is 115 cm³/mol. The number of benzene rings is 3. The van der Waals surface area contributed by atoms with Crippen LogP contribution < -0.4 is 11.1 Å². The molecule has 0 saturated heterocycles. The Morgan fingerprint density at radius 2 is 0.931 bits per heavy atom. The summed E-state index contributed by atoms with van der Waals surface area (Å²) in [5.74, 6) is 0. The van der Waals surface area contributed by atoms with E-state index in [0.717, 1.165) is 43.9 Å². The SMILES string of the molecule is O=c1c2cccc3c(=O)n4c5ccccc5c5c6c7ccccc7n1c6n(c23)c54. The molecule has 5 aromatic heterocycles. The van der Waals surface area contributed by atoms with E-state index in [-0.39, 0.29) is 11.1 Å². The smallest absolute Gasteiger partial charge is 0.266 e. The Kier molecular flexibility index (Phi) is 2.00. The monoisotopic (exact) mass is 373 g/mol. The van der Waals surface area contributed by atoms with E-state index in [4.69, 9.17) is 0 Å². The highest BCUT2D eigenvalue weighted by atomic mass is 16.1. The lowest BCUT2D eigenvalue weighted by Crippen LogP contribution is -2.21. The van der Waals surface area contributed by atoms with Gasteiger partial charge in [0.15, 0.2) is 0 Å². The minimum absolute atomic E-state index is 0.0775. The topological polar surface area (TPSA) is 47.4 Å². The molecule has 29 heavy (non-hydrogen) atoms. The lowest BCUT2D eigenvalue weighted by atomic mass is 10.1. The highest BCUT2D eigenvalue weighted by molar-refractivity contribution is 6.30. The Labute approximate surface area is 161 Å². The van der Waals surface area contributed by atoms with Crippen LogP contribution in [-0.2, 0) is 0 Å². The highest BCUT2D eigenvalue weighted by Crippen LogP contribution is 2.42. The summed E-state index contributed by atoms with van der Waals surface area (Å²) in [5.41, 5.74) is 4.07. The van der Waals surface area contributed by atoms with E-state index < -0.39 is 0 Å². The Morgan fingerprint density at radius 3 is 1.45 bits per heavy atom. The van der Waals surface area contributed by atoms with Gasteiger partial charge >= 0.3 is 0 Å². The number of hydrogen-bond acceptors (Lipinski definition) is 2. The van der Waals surface area contributed by atoms with Crippen molar-refractivity contribution in [1.82, 2.24) is 13.2 Å². The molecule has 8 rings (SSSR count). The van der Waals surface area contributed by atoms with Crippen molar-refractivity contribution in [3.8, 4) is 0 Å². The molecule has 134 valence electrons. The second-order valence-corrected chi connectivity index (χ2v) is 7.75. The van der Waals surface area contributed by atoms with Gasteiger partial charge in [-0.25, -0.2) is 0 Å². The fraction of sp³-hybridized carbons (Fsp3) is 0. The molecule has 0 atom stereocenters. The minimum Gasteiger partial charge on any atom is -0.278 e. The van der Waals surface area contributed by atoms with Crippen molar-refractivity contribution in [2.75, 3.05) is 0 Å². The summed E-state index contributed by atoms with van der Waals surface area (Å²) in [7, 11) is 0. The first kappa shape index (κ1) is 14.0. The van der Waals surface area contributed by atoms with Gasteiger partial charge in [-0.1, -0.05) is 42.5 Å². The first-order chi connectivity index (χ1) is 14.3. The molecule has 0 spiro atoms. The molecule has 0 fully saturated rings. The second kappa shape index (κ2) is 4.15. The number of rotatable bonds is 0. The van der Waals surface area contributed by atoms with E-state index in [0.29, 0.717) is 16.3 Å². The normalized spacial score (nSPS) is 13.1. The summed E-state index contributed by atoms with van der Waals surface area (Å²) >= 11 is 0. The van der Waals surface area contributed by atoms with Crippen molar-refractivity contribution in [2.45, 2.75) is 0 Å². The lowest BCUT2D eigenvalue weighted by Gasteiger charge is -2.11. The average molecular weight is 373 g/mol. The summed E-state index contributed by atoms with van der Waals surface area (Å²) in [6.07, 6.45) is 0. The van der Waals surface area contributed by atoms with Crippen LogP contribution in [0.1, 0.15) is 0 Å². The summed E-state index contributed by atoms with van der Waals surface area (Å²) in [6, 6.07) is 21.5. The number of aromatic nitrogens is 3. The van der Waals surface area contributed by atoms with E-state index in [1.165, 1.54) is 0 Å². The van der Waals surface area contributed by atoms with E-state index in [1.807, 2.05) is 57.3 Å². The molecule has 8 aromatic rings. The van der Waals surface area contributed by atoms with E-state index >= 15 is 0 Å². The van der Waals surface area contributed by atoms with Crippen molar-refractivity contribution in [1.29, 1.82) is 0 Å².